The summed E-state index contributed by atoms with van der Waals surface area (Å²) in [5, 5.41) is 3.78. The summed E-state index contributed by atoms with van der Waals surface area (Å²) in [4.78, 5) is 29.2. The summed E-state index contributed by atoms with van der Waals surface area (Å²) in [6, 6.07) is 12.8. The first-order valence-corrected chi connectivity index (χ1v) is 7.12. The fourth-order valence-corrected chi connectivity index (χ4v) is 2.59. The minimum Gasteiger partial charge on any atom is -0.408 e. The highest BCUT2D eigenvalue weighted by atomic mass is 16.4. The number of anilines is 1. The molecule has 2 heterocycles. The Hall–Kier alpha value is -3.28. The van der Waals surface area contributed by atoms with E-state index in [2.05, 4.69) is 15.3 Å². The molecule has 1 amide bonds. The van der Waals surface area contributed by atoms with E-state index in [1.807, 2.05) is 31.2 Å². The number of hydrogen-bond donors (Lipinski definition) is 3. The van der Waals surface area contributed by atoms with Crippen LogP contribution in [0.4, 0.5) is 5.69 Å². The van der Waals surface area contributed by atoms with E-state index in [1.54, 1.807) is 18.2 Å². The Bertz CT molecular complexity index is 1100. The number of hydrogen-bond acceptors (Lipinski definition) is 3. The summed E-state index contributed by atoms with van der Waals surface area (Å²) in [7, 11) is 0. The summed E-state index contributed by atoms with van der Waals surface area (Å²) >= 11 is 0. The quantitative estimate of drug-likeness (QED) is 0.531. The van der Waals surface area contributed by atoms with Crippen LogP contribution in [0.3, 0.4) is 0 Å². The van der Waals surface area contributed by atoms with Crippen LogP contribution < -0.4 is 11.1 Å². The number of carbonyl (C=O) groups excluding carboxylic acids is 1. The standard InChI is InChI=1S/C17H13N3O3/c1-9-2-3-10-7-14(19-12(10)6-9)16(21)18-11-4-5-15-13(8-11)20-17(22)23-15/h2-8,19H,1H3,(H,18,21)(H,20,22). The molecule has 4 rings (SSSR count). The topological polar surface area (TPSA) is 90.9 Å². The van der Waals surface area contributed by atoms with Gasteiger partial charge in [-0.15, -0.1) is 0 Å². The summed E-state index contributed by atoms with van der Waals surface area (Å²) in [5.74, 6) is -0.765. The Kier molecular flexibility index (Phi) is 2.84. The summed E-state index contributed by atoms with van der Waals surface area (Å²) in [6.07, 6.45) is 0. The zero-order valence-corrected chi connectivity index (χ0v) is 12.3. The first-order valence-electron chi connectivity index (χ1n) is 7.12. The first kappa shape index (κ1) is 13.4. The number of H-pyrrole nitrogens is 2. The number of nitrogens with one attached hydrogen (secondary N) is 3. The number of aryl methyl sites for hydroxylation is 1. The van der Waals surface area contributed by atoms with Crippen molar-refractivity contribution < 1.29 is 9.21 Å². The van der Waals surface area contributed by atoms with Crippen molar-refractivity contribution in [3.63, 3.8) is 0 Å². The number of oxazole rings is 1. The first-order chi connectivity index (χ1) is 11.1. The predicted octanol–water partition coefficient (Wildman–Crippen LogP) is 3.16. The molecule has 2 aromatic carbocycles. The second-order valence-corrected chi connectivity index (χ2v) is 5.45. The molecule has 0 bridgehead atoms. The average molecular weight is 307 g/mol. The van der Waals surface area contributed by atoms with Crippen LogP contribution in [0, 0.1) is 6.92 Å². The van der Waals surface area contributed by atoms with Gasteiger partial charge in [-0.2, -0.15) is 0 Å². The molecule has 0 atom stereocenters. The summed E-state index contributed by atoms with van der Waals surface area (Å²) < 4.78 is 4.93. The summed E-state index contributed by atoms with van der Waals surface area (Å²) in [6.45, 7) is 2.00. The van der Waals surface area contributed by atoms with E-state index in [-0.39, 0.29) is 5.91 Å². The monoisotopic (exact) mass is 307 g/mol. The fraction of sp³-hybridized carbons (Fsp3) is 0.0588. The average Bonchev–Trinajstić information content (AvgIpc) is 3.08. The second-order valence-electron chi connectivity index (χ2n) is 5.45. The zero-order chi connectivity index (χ0) is 16.0. The van der Waals surface area contributed by atoms with Crippen molar-refractivity contribution in [2.45, 2.75) is 6.92 Å². The molecule has 3 N–H and O–H groups in total. The molecule has 2 aromatic heterocycles. The maximum absolute atomic E-state index is 12.4. The van der Waals surface area contributed by atoms with Crippen LogP contribution in [0.5, 0.6) is 0 Å². The van der Waals surface area contributed by atoms with Gasteiger partial charge in [0.15, 0.2) is 5.58 Å². The van der Waals surface area contributed by atoms with Gasteiger partial charge in [0.25, 0.3) is 5.91 Å². The van der Waals surface area contributed by atoms with Gasteiger partial charge < -0.3 is 14.7 Å². The molecule has 0 fully saturated rings. The van der Waals surface area contributed by atoms with Gasteiger partial charge in [-0.1, -0.05) is 12.1 Å². The van der Waals surface area contributed by atoms with Gasteiger partial charge in [0.1, 0.15) is 5.69 Å². The van der Waals surface area contributed by atoms with Crippen molar-refractivity contribution in [2.75, 3.05) is 5.32 Å². The lowest BCUT2D eigenvalue weighted by Crippen LogP contribution is -2.12. The van der Waals surface area contributed by atoms with Crippen molar-refractivity contribution in [1.29, 1.82) is 0 Å². The normalized spacial score (nSPS) is 11.2. The van der Waals surface area contributed by atoms with Crippen molar-refractivity contribution in [3.8, 4) is 0 Å². The highest BCUT2D eigenvalue weighted by Crippen LogP contribution is 2.19. The Labute approximate surface area is 130 Å². The van der Waals surface area contributed by atoms with Crippen LogP contribution >= 0.6 is 0 Å². The van der Waals surface area contributed by atoms with E-state index in [9.17, 15) is 9.59 Å². The Balaban J connectivity index is 1.65. The molecule has 23 heavy (non-hydrogen) atoms. The molecule has 114 valence electrons. The van der Waals surface area contributed by atoms with Gasteiger partial charge in [0, 0.05) is 16.6 Å². The lowest BCUT2D eigenvalue weighted by Gasteiger charge is -2.03. The third-order valence-corrected chi connectivity index (χ3v) is 3.70. The molecule has 0 saturated carbocycles. The largest absolute Gasteiger partial charge is 0.417 e. The maximum atomic E-state index is 12.4. The van der Waals surface area contributed by atoms with E-state index in [1.165, 1.54) is 0 Å². The number of rotatable bonds is 2. The SMILES string of the molecule is Cc1ccc2cc(C(=O)Nc3ccc4oc(=O)[nH]c4c3)[nH]c2c1. The molecule has 4 aromatic rings. The molecule has 6 heteroatoms. The van der Waals surface area contributed by atoms with E-state index >= 15 is 0 Å². The zero-order valence-electron chi connectivity index (χ0n) is 12.3. The molecule has 0 radical (unpaired) electrons. The Morgan fingerprint density at radius 3 is 2.78 bits per heavy atom. The fourth-order valence-electron chi connectivity index (χ4n) is 2.59. The molecule has 0 aliphatic rings. The number of carbonyl (C=O) groups is 1. The van der Waals surface area contributed by atoms with Crippen LogP contribution in [-0.4, -0.2) is 15.9 Å². The second kappa shape index (κ2) is 4.88. The molecule has 0 aliphatic heterocycles. The van der Waals surface area contributed by atoms with E-state index < -0.39 is 5.76 Å². The Morgan fingerprint density at radius 1 is 1.04 bits per heavy atom. The van der Waals surface area contributed by atoms with Gasteiger partial charge in [0.2, 0.25) is 0 Å². The Morgan fingerprint density at radius 2 is 1.91 bits per heavy atom. The molecule has 0 unspecified atom stereocenters. The number of aromatic nitrogens is 2. The van der Waals surface area contributed by atoms with Gasteiger partial charge in [-0.3, -0.25) is 9.78 Å². The van der Waals surface area contributed by atoms with Gasteiger partial charge >= 0.3 is 5.76 Å². The molecule has 0 aliphatic carbocycles. The molecule has 6 nitrogen and oxygen atoms in total. The van der Waals surface area contributed by atoms with Crippen LogP contribution in [0.1, 0.15) is 16.1 Å². The van der Waals surface area contributed by atoms with Crippen molar-refractivity contribution in [2.24, 2.45) is 0 Å². The van der Waals surface area contributed by atoms with Crippen molar-refractivity contribution in [3.05, 3.63) is 64.3 Å². The maximum Gasteiger partial charge on any atom is 0.417 e. The van der Waals surface area contributed by atoms with E-state index in [4.69, 9.17) is 4.42 Å². The minimum absolute atomic E-state index is 0.246. The van der Waals surface area contributed by atoms with Crippen LogP contribution in [0.2, 0.25) is 0 Å². The number of fused-ring (bicyclic) bond motifs is 2. The molecule has 0 saturated heterocycles. The lowest BCUT2D eigenvalue weighted by atomic mass is 10.2. The van der Waals surface area contributed by atoms with Crippen molar-refractivity contribution >= 4 is 33.6 Å². The van der Waals surface area contributed by atoms with E-state index in [0.717, 1.165) is 16.5 Å². The van der Waals surface area contributed by atoms with Crippen molar-refractivity contribution in [1.82, 2.24) is 9.97 Å². The summed E-state index contributed by atoms with van der Waals surface area (Å²) in [5.41, 5.74) is 4.10. The predicted molar refractivity (Wildman–Crippen MR) is 87.8 cm³/mol. The smallest absolute Gasteiger partial charge is 0.408 e. The van der Waals surface area contributed by atoms with Crippen LogP contribution in [-0.2, 0) is 0 Å². The van der Waals surface area contributed by atoms with E-state index in [0.29, 0.717) is 22.5 Å². The van der Waals surface area contributed by atoms with Crippen LogP contribution in [0.15, 0.2) is 51.7 Å². The van der Waals surface area contributed by atoms with Gasteiger partial charge in [0.05, 0.1) is 5.52 Å². The lowest BCUT2D eigenvalue weighted by molar-refractivity contribution is 0.102. The van der Waals surface area contributed by atoms with Crippen LogP contribution in [0.25, 0.3) is 22.0 Å². The molecular weight excluding hydrogens is 294 g/mol. The third kappa shape index (κ3) is 2.40. The minimum atomic E-state index is -0.519. The highest BCUT2D eigenvalue weighted by molar-refractivity contribution is 6.06. The molecular formula is C17H13N3O3. The van der Waals surface area contributed by atoms with Gasteiger partial charge in [-0.25, -0.2) is 4.79 Å². The number of aromatic amines is 2. The highest BCUT2D eigenvalue weighted by Gasteiger charge is 2.11. The van der Waals surface area contributed by atoms with Gasteiger partial charge in [-0.05, 0) is 42.8 Å². The third-order valence-electron chi connectivity index (χ3n) is 3.70. The number of benzene rings is 2. The molecule has 0 spiro atoms. The number of amides is 1.